The van der Waals surface area contributed by atoms with E-state index in [1.807, 2.05) is 34.3 Å². The Morgan fingerprint density at radius 3 is 2.47 bits per heavy atom. The third-order valence-electron chi connectivity index (χ3n) is 3.86. The highest BCUT2D eigenvalue weighted by atomic mass is 35.5. The molecule has 3 rings (SSSR count). The van der Waals surface area contributed by atoms with E-state index in [0.29, 0.717) is 6.04 Å². The van der Waals surface area contributed by atoms with Gasteiger partial charge in [0.15, 0.2) is 0 Å². The van der Waals surface area contributed by atoms with Gasteiger partial charge in [-0.25, -0.2) is 4.79 Å². The van der Waals surface area contributed by atoms with Crippen molar-refractivity contribution in [1.29, 1.82) is 0 Å². The summed E-state index contributed by atoms with van der Waals surface area (Å²) in [5, 5.41) is 3.35. The molecule has 1 fully saturated rings. The van der Waals surface area contributed by atoms with Gasteiger partial charge in [0, 0.05) is 12.6 Å². The number of hydrogen-bond donors (Lipinski definition) is 1. The molecule has 0 radical (unpaired) electrons. The van der Waals surface area contributed by atoms with Gasteiger partial charge >= 0.3 is 5.69 Å². The van der Waals surface area contributed by atoms with E-state index >= 15 is 0 Å². The molecule has 1 aliphatic heterocycles. The number of benzene rings is 1. The number of hydrogen-bond acceptors (Lipinski definition) is 2. The smallest absolute Gasteiger partial charge is 0.317 e. The zero-order chi connectivity index (χ0) is 12.5. The summed E-state index contributed by atoms with van der Waals surface area (Å²) in [6.07, 6.45) is 2.08. The lowest BCUT2D eigenvalue weighted by Crippen LogP contribution is -2.34. The standard InChI is InChI=1S/C14H19N3O.ClH/c1-2-16-12-5-3-4-6-13(12)17(14(16)18)11-7-9-15-10-8-11;/h3-6,11,15H,2,7-10H2,1H3;1H. The van der Waals surface area contributed by atoms with Crippen LogP contribution in [0.5, 0.6) is 0 Å². The highest BCUT2D eigenvalue weighted by molar-refractivity contribution is 5.85. The molecular formula is C14H20ClN3O. The van der Waals surface area contributed by atoms with Crippen LogP contribution >= 0.6 is 12.4 Å². The summed E-state index contributed by atoms with van der Waals surface area (Å²) in [7, 11) is 0. The second-order valence-corrected chi connectivity index (χ2v) is 4.87. The average molecular weight is 282 g/mol. The third kappa shape index (κ3) is 2.30. The highest BCUT2D eigenvalue weighted by Crippen LogP contribution is 2.22. The Balaban J connectivity index is 0.00000133. The zero-order valence-corrected chi connectivity index (χ0v) is 11.9. The van der Waals surface area contributed by atoms with Crippen molar-refractivity contribution in [3.05, 3.63) is 34.7 Å². The van der Waals surface area contributed by atoms with Crippen molar-refractivity contribution in [2.75, 3.05) is 13.1 Å². The predicted octanol–water partition coefficient (Wildman–Crippen LogP) is 2.17. The number of nitrogens with one attached hydrogen (secondary N) is 1. The summed E-state index contributed by atoms with van der Waals surface area (Å²) in [4.78, 5) is 12.5. The van der Waals surface area contributed by atoms with E-state index in [1.54, 1.807) is 0 Å². The molecule has 0 amide bonds. The van der Waals surface area contributed by atoms with Crippen LogP contribution < -0.4 is 11.0 Å². The lowest BCUT2D eigenvalue weighted by Gasteiger charge is -2.23. The molecule has 1 aliphatic rings. The molecule has 0 bridgehead atoms. The Labute approximate surface area is 118 Å². The summed E-state index contributed by atoms with van der Waals surface area (Å²) in [6, 6.07) is 8.46. The molecule has 0 aliphatic carbocycles. The van der Waals surface area contributed by atoms with Gasteiger partial charge in [-0.1, -0.05) is 12.1 Å². The maximum atomic E-state index is 12.5. The summed E-state index contributed by atoms with van der Waals surface area (Å²) in [5.74, 6) is 0. The van der Waals surface area contributed by atoms with Gasteiger partial charge in [0.1, 0.15) is 0 Å². The van der Waals surface area contributed by atoms with Crippen molar-refractivity contribution in [2.24, 2.45) is 0 Å². The molecule has 2 aromatic rings. The van der Waals surface area contributed by atoms with Crippen LogP contribution in [-0.2, 0) is 6.54 Å². The molecule has 1 saturated heterocycles. The lowest BCUT2D eigenvalue weighted by molar-refractivity contribution is 0.365. The predicted molar refractivity (Wildman–Crippen MR) is 80.3 cm³/mol. The van der Waals surface area contributed by atoms with E-state index in [4.69, 9.17) is 0 Å². The fourth-order valence-electron chi connectivity index (χ4n) is 2.96. The van der Waals surface area contributed by atoms with Crippen molar-refractivity contribution in [2.45, 2.75) is 32.4 Å². The van der Waals surface area contributed by atoms with Crippen molar-refractivity contribution in [1.82, 2.24) is 14.5 Å². The lowest BCUT2D eigenvalue weighted by atomic mass is 10.1. The topological polar surface area (TPSA) is 39.0 Å². The van der Waals surface area contributed by atoms with Crippen molar-refractivity contribution in [3.8, 4) is 0 Å². The van der Waals surface area contributed by atoms with Crippen LogP contribution in [0.3, 0.4) is 0 Å². The van der Waals surface area contributed by atoms with Gasteiger partial charge in [-0.05, 0) is 45.0 Å². The van der Waals surface area contributed by atoms with Crippen LogP contribution in [0.4, 0.5) is 0 Å². The molecule has 19 heavy (non-hydrogen) atoms. The van der Waals surface area contributed by atoms with Gasteiger partial charge in [-0.15, -0.1) is 12.4 Å². The summed E-state index contributed by atoms with van der Waals surface area (Å²) < 4.78 is 3.87. The zero-order valence-electron chi connectivity index (χ0n) is 11.1. The minimum Gasteiger partial charge on any atom is -0.317 e. The Bertz CT molecular complexity index is 611. The maximum Gasteiger partial charge on any atom is 0.329 e. The van der Waals surface area contributed by atoms with E-state index < -0.39 is 0 Å². The third-order valence-corrected chi connectivity index (χ3v) is 3.86. The molecule has 0 atom stereocenters. The number of imidazole rings is 1. The molecule has 1 aromatic carbocycles. The Morgan fingerprint density at radius 2 is 1.84 bits per heavy atom. The fraction of sp³-hybridized carbons (Fsp3) is 0.500. The number of rotatable bonds is 2. The van der Waals surface area contributed by atoms with E-state index in [0.717, 1.165) is 43.5 Å². The average Bonchev–Trinajstić information content (AvgIpc) is 2.71. The number of halogens is 1. The van der Waals surface area contributed by atoms with Crippen LogP contribution in [0.15, 0.2) is 29.1 Å². The molecule has 2 heterocycles. The van der Waals surface area contributed by atoms with E-state index in [9.17, 15) is 4.79 Å². The molecule has 0 spiro atoms. The van der Waals surface area contributed by atoms with Gasteiger partial charge in [-0.2, -0.15) is 0 Å². The molecular weight excluding hydrogens is 262 g/mol. The van der Waals surface area contributed by atoms with Crippen LogP contribution in [0.2, 0.25) is 0 Å². The molecule has 0 unspecified atom stereocenters. The van der Waals surface area contributed by atoms with Crippen molar-refractivity contribution >= 4 is 23.4 Å². The number of aryl methyl sites for hydroxylation is 1. The Hall–Kier alpha value is -1.26. The number of para-hydroxylation sites is 2. The SMILES string of the molecule is CCn1c(=O)n(C2CCNCC2)c2ccccc21.Cl. The normalized spacial score (nSPS) is 16.5. The van der Waals surface area contributed by atoms with Crippen LogP contribution in [0, 0.1) is 0 Å². The van der Waals surface area contributed by atoms with Gasteiger partial charge in [-0.3, -0.25) is 9.13 Å². The van der Waals surface area contributed by atoms with Crippen molar-refractivity contribution < 1.29 is 0 Å². The monoisotopic (exact) mass is 281 g/mol. The van der Waals surface area contributed by atoms with E-state index in [1.165, 1.54) is 0 Å². The van der Waals surface area contributed by atoms with Crippen LogP contribution in [-0.4, -0.2) is 22.2 Å². The minimum absolute atomic E-state index is 0. The molecule has 1 N–H and O–H groups in total. The van der Waals surface area contributed by atoms with Gasteiger partial charge in [0.25, 0.3) is 0 Å². The number of piperidine rings is 1. The molecule has 104 valence electrons. The van der Waals surface area contributed by atoms with Crippen molar-refractivity contribution in [3.63, 3.8) is 0 Å². The van der Waals surface area contributed by atoms with E-state index in [2.05, 4.69) is 11.4 Å². The first-order valence-electron chi connectivity index (χ1n) is 6.73. The minimum atomic E-state index is 0. The quantitative estimate of drug-likeness (QED) is 0.916. The summed E-state index contributed by atoms with van der Waals surface area (Å²) in [5.41, 5.74) is 2.28. The molecule has 1 aromatic heterocycles. The second-order valence-electron chi connectivity index (χ2n) is 4.87. The maximum absolute atomic E-state index is 12.5. The first-order valence-corrected chi connectivity index (χ1v) is 6.73. The first kappa shape index (κ1) is 14.2. The number of nitrogens with zero attached hydrogens (tertiary/aromatic N) is 2. The first-order chi connectivity index (χ1) is 8.83. The Morgan fingerprint density at radius 1 is 1.21 bits per heavy atom. The van der Waals surface area contributed by atoms with Gasteiger partial charge in [0.2, 0.25) is 0 Å². The van der Waals surface area contributed by atoms with Gasteiger partial charge in [0.05, 0.1) is 11.0 Å². The van der Waals surface area contributed by atoms with Crippen LogP contribution in [0.1, 0.15) is 25.8 Å². The largest absolute Gasteiger partial charge is 0.329 e. The second kappa shape index (κ2) is 5.80. The van der Waals surface area contributed by atoms with Crippen LogP contribution in [0.25, 0.3) is 11.0 Å². The molecule has 0 saturated carbocycles. The molecule has 5 heteroatoms. The summed E-state index contributed by atoms with van der Waals surface area (Å²) in [6.45, 7) is 4.77. The highest BCUT2D eigenvalue weighted by Gasteiger charge is 2.21. The van der Waals surface area contributed by atoms with E-state index in [-0.39, 0.29) is 18.1 Å². The fourth-order valence-corrected chi connectivity index (χ4v) is 2.96. The summed E-state index contributed by atoms with van der Waals surface area (Å²) >= 11 is 0. The molecule has 4 nitrogen and oxygen atoms in total. The number of aromatic nitrogens is 2. The number of fused-ring (bicyclic) bond motifs is 1. The van der Waals surface area contributed by atoms with Gasteiger partial charge < -0.3 is 5.32 Å². The Kier molecular flexibility index (Phi) is 4.32.